The van der Waals surface area contributed by atoms with Gasteiger partial charge in [-0.25, -0.2) is 9.38 Å². The number of ether oxygens (including phenoxy) is 2. The van der Waals surface area contributed by atoms with Crippen LogP contribution in [-0.4, -0.2) is 32.8 Å². The zero-order chi connectivity index (χ0) is 20.4. The van der Waals surface area contributed by atoms with Gasteiger partial charge in [0.25, 0.3) is 0 Å². The zero-order valence-electron chi connectivity index (χ0n) is 16.3. The average molecular weight is 523 g/mol. The van der Waals surface area contributed by atoms with E-state index in [0.717, 1.165) is 11.1 Å². The molecule has 0 saturated carbocycles. The van der Waals surface area contributed by atoms with Crippen LogP contribution in [0.3, 0.4) is 0 Å². The van der Waals surface area contributed by atoms with Crippen molar-refractivity contribution in [2.45, 2.75) is 26.5 Å². The van der Waals surface area contributed by atoms with E-state index in [4.69, 9.17) is 4.74 Å². The molecule has 0 aromatic heterocycles. The molecule has 0 aliphatic carbocycles. The van der Waals surface area contributed by atoms with E-state index in [9.17, 15) is 13.2 Å². The summed E-state index contributed by atoms with van der Waals surface area (Å²) < 4.78 is 47.8. The van der Waals surface area contributed by atoms with Crippen molar-refractivity contribution in [2.24, 2.45) is 4.99 Å². The number of hydrogen-bond donors (Lipinski definition) is 2. The maximum Gasteiger partial charge on any atom is 0.387 e. The minimum absolute atomic E-state index is 0. The van der Waals surface area contributed by atoms with Crippen molar-refractivity contribution in [3.63, 3.8) is 0 Å². The molecule has 0 saturated heterocycles. The molecule has 5 nitrogen and oxygen atoms in total. The van der Waals surface area contributed by atoms with Crippen molar-refractivity contribution >= 4 is 29.9 Å². The van der Waals surface area contributed by atoms with Gasteiger partial charge in [-0.3, -0.25) is 0 Å². The smallest absolute Gasteiger partial charge is 0.387 e. The first-order chi connectivity index (χ1) is 13.5. The van der Waals surface area contributed by atoms with Gasteiger partial charge in [-0.2, -0.15) is 8.78 Å². The molecule has 0 spiro atoms. The van der Waals surface area contributed by atoms with Crippen LogP contribution in [0.15, 0.2) is 47.5 Å². The summed E-state index contributed by atoms with van der Waals surface area (Å²) in [6.45, 7) is 0.551. The minimum Gasteiger partial charge on any atom is -0.493 e. The molecular weight excluding hydrogens is 498 g/mol. The summed E-state index contributed by atoms with van der Waals surface area (Å²) in [4.78, 5) is 4.42. The Morgan fingerprint density at radius 2 is 1.86 bits per heavy atom. The zero-order valence-corrected chi connectivity index (χ0v) is 18.6. The molecule has 0 aliphatic rings. The molecule has 0 heterocycles. The maximum atomic E-state index is 13.3. The van der Waals surface area contributed by atoms with E-state index in [1.807, 2.05) is 6.92 Å². The van der Waals surface area contributed by atoms with Crippen LogP contribution in [0.5, 0.6) is 11.5 Å². The van der Waals surface area contributed by atoms with Crippen LogP contribution in [0.25, 0.3) is 0 Å². The summed E-state index contributed by atoms with van der Waals surface area (Å²) >= 11 is 0. The summed E-state index contributed by atoms with van der Waals surface area (Å²) in [5.41, 5.74) is 1.58. The van der Waals surface area contributed by atoms with Crippen LogP contribution in [0.4, 0.5) is 13.2 Å². The fraction of sp³-hybridized carbons (Fsp3) is 0.350. The predicted molar refractivity (Wildman–Crippen MR) is 118 cm³/mol. The number of hydrogen-bond acceptors (Lipinski definition) is 3. The first kappa shape index (κ1) is 24.9. The topological polar surface area (TPSA) is 54.9 Å². The van der Waals surface area contributed by atoms with Gasteiger partial charge in [0.15, 0.2) is 17.5 Å². The highest BCUT2D eigenvalue weighted by atomic mass is 127. The van der Waals surface area contributed by atoms with Crippen molar-refractivity contribution in [3.8, 4) is 11.5 Å². The lowest BCUT2D eigenvalue weighted by atomic mass is 10.1. The van der Waals surface area contributed by atoms with Gasteiger partial charge in [0.05, 0.1) is 13.7 Å². The molecule has 0 atom stereocenters. The van der Waals surface area contributed by atoms with Gasteiger partial charge >= 0.3 is 6.61 Å². The maximum absolute atomic E-state index is 13.3. The van der Waals surface area contributed by atoms with Gasteiger partial charge in [-0.15, -0.1) is 24.0 Å². The number of benzene rings is 2. The Hall–Kier alpha value is -2.17. The highest BCUT2D eigenvalue weighted by Crippen LogP contribution is 2.29. The quantitative estimate of drug-likeness (QED) is 0.292. The lowest BCUT2D eigenvalue weighted by molar-refractivity contribution is -0.0512. The second-order valence-electron chi connectivity index (χ2n) is 5.87. The Kier molecular flexibility index (Phi) is 11.3. The summed E-state index contributed by atoms with van der Waals surface area (Å²) in [6.07, 6.45) is 0.563. The van der Waals surface area contributed by atoms with Gasteiger partial charge in [0.1, 0.15) is 5.82 Å². The van der Waals surface area contributed by atoms with E-state index in [1.165, 1.54) is 25.3 Å². The second kappa shape index (κ2) is 13.1. The van der Waals surface area contributed by atoms with E-state index >= 15 is 0 Å². The number of methoxy groups -OCH3 is 1. The average Bonchev–Trinajstić information content (AvgIpc) is 2.66. The first-order valence-corrected chi connectivity index (χ1v) is 8.90. The number of rotatable bonds is 9. The molecule has 0 aliphatic heterocycles. The Morgan fingerprint density at radius 1 is 1.07 bits per heavy atom. The molecule has 9 heteroatoms. The molecule has 2 rings (SSSR count). The monoisotopic (exact) mass is 523 g/mol. The number of alkyl halides is 2. The standard InChI is InChI=1S/C20H24F3N3O2.HI/c1-3-24-20(26-13-15-5-4-6-16(21)11-15)25-10-9-14-7-8-17(27-2)18(12-14)28-19(22)23;/h4-8,11-12,19H,3,9-10,13H2,1-2H3,(H2,24,25,26);1H. The SMILES string of the molecule is CCNC(=NCc1cccc(F)c1)NCCc1ccc(OC)c(OC(F)F)c1.I. The molecule has 0 bridgehead atoms. The van der Waals surface area contributed by atoms with Crippen molar-refractivity contribution in [1.29, 1.82) is 0 Å². The molecule has 2 N–H and O–H groups in total. The fourth-order valence-corrected chi connectivity index (χ4v) is 2.54. The van der Waals surface area contributed by atoms with Crippen LogP contribution >= 0.6 is 24.0 Å². The van der Waals surface area contributed by atoms with E-state index in [0.29, 0.717) is 32.0 Å². The minimum atomic E-state index is -2.92. The summed E-state index contributed by atoms with van der Waals surface area (Å²) in [5.74, 6) is 0.542. The molecule has 29 heavy (non-hydrogen) atoms. The van der Waals surface area contributed by atoms with Crippen LogP contribution in [0.1, 0.15) is 18.1 Å². The molecule has 0 fully saturated rings. The summed E-state index contributed by atoms with van der Waals surface area (Å²) in [6, 6.07) is 11.2. The molecule has 2 aromatic carbocycles. The number of guanidine groups is 1. The Labute approximate surface area is 185 Å². The number of nitrogens with one attached hydrogen (secondary N) is 2. The third-order valence-corrected chi connectivity index (χ3v) is 3.80. The van der Waals surface area contributed by atoms with E-state index < -0.39 is 6.61 Å². The fourth-order valence-electron chi connectivity index (χ4n) is 2.54. The molecule has 0 amide bonds. The lowest BCUT2D eigenvalue weighted by Crippen LogP contribution is -2.38. The van der Waals surface area contributed by atoms with Crippen LogP contribution in [-0.2, 0) is 13.0 Å². The second-order valence-corrected chi connectivity index (χ2v) is 5.87. The largest absolute Gasteiger partial charge is 0.493 e. The Morgan fingerprint density at radius 3 is 2.52 bits per heavy atom. The van der Waals surface area contributed by atoms with Crippen molar-refractivity contribution in [2.75, 3.05) is 20.2 Å². The number of aliphatic imine (C=N–C) groups is 1. The van der Waals surface area contributed by atoms with Crippen LogP contribution < -0.4 is 20.1 Å². The molecule has 160 valence electrons. The number of nitrogens with zero attached hydrogens (tertiary/aromatic N) is 1. The van der Waals surface area contributed by atoms with Crippen molar-refractivity contribution in [3.05, 3.63) is 59.4 Å². The number of halogens is 4. The Bertz CT molecular complexity index is 791. The first-order valence-electron chi connectivity index (χ1n) is 8.90. The third-order valence-electron chi connectivity index (χ3n) is 3.80. The predicted octanol–water partition coefficient (Wildman–Crippen LogP) is 4.35. The van der Waals surface area contributed by atoms with Gasteiger partial charge in [-0.1, -0.05) is 18.2 Å². The van der Waals surface area contributed by atoms with Crippen molar-refractivity contribution < 1.29 is 22.6 Å². The van der Waals surface area contributed by atoms with Gasteiger partial charge < -0.3 is 20.1 Å². The van der Waals surface area contributed by atoms with Gasteiger partial charge in [-0.05, 0) is 48.7 Å². The summed E-state index contributed by atoms with van der Waals surface area (Å²) in [5, 5.41) is 6.28. The van der Waals surface area contributed by atoms with E-state index in [2.05, 4.69) is 20.4 Å². The van der Waals surface area contributed by atoms with E-state index in [1.54, 1.807) is 24.3 Å². The highest BCUT2D eigenvalue weighted by Gasteiger charge is 2.11. The van der Waals surface area contributed by atoms with Gasteiger partial charge in [0, 0.05) is 13.1 Å². The van der Waals surface area contributed by atoms with Crippen molar-refractivity contribution in [1.82, 2.24) is 10.6 Å². The highest BCUT2D eigenvalue weighted by molar-refractivity contribution is 14.0. The molecule has 2 aromatic rings. The van der Waals surface area contributed by atoms with E-state index in [-0.39, 0.29) is 41.3 Å². The van der Waals surface area contributed by atoms with Crippen LogP contribution in [0, 0.1) is 5.82 Å². The van der Waals surface area contributed by atoms with Gasteiger partial charge in [0.2, 0.25) is 0 Å². The third kappa shape index (κ3) is 8.80. The Balaban J connectivity index is 0.00000420. The molecule has 0 unspecified atom stereocenters. The van der Waals surface area contributed by atoms with Crippen LogP contribution in [0.2, 0.25) is 0 Å². The molecule has 0 radical (unpaired) electrons. The normalized spacial score (nSPS) is 11.0. The lowest BCUT2D eigenvalue weighted by Gasteiger charge is -2.13. The molecular formula is C20H25F3IN3O2. The summed E-state index contributed by atoms with van der Waals surface area (Å²) in [7, 11) is 1.40.